The van der Waals surface area contributed by atoms with Crippen molar-refractivity contribution in [1.29, 1.82) is 5.26 Å². The molecule has 0 aromatic heterocycles. The standard InChI is InChI=1S/C17H15NOS/c1-2-19-14-7-9-16-12(10-14)6-8-15-13(11-18)4-3-5-17(15)20-16/h3-5,7,9-10H,2,6,8H2,1H3. The maximum atomic E-state index is 9.24. The lowest BCUT2D eigenvalue weighted by molar-refractivity contribution is 0.339. The summed E-state index contributed by atoms with van der Waals surface area (Å²) in [5, 5.41) is 9.24. The Hall–Kier alpha value is -1.92. The summed E-state index contributed by atoms with van der Waals surface area (Å²) in [6.45, 7) is 2.68. The lowest BCUT2D eigenvalue weighted by atomic mass is 10.0. The van der Waals surface area contributed by atoms with E-state index in [2.05, 4.69) is 24.3 Å². The summed E-state index contributed by atoms with van der Waals surface area (Å²) in [4.78, 5) is 2.47. The van der Waals surface area contributed by atoms with E-state index in [0.717, 1.165) is 24.2 Å². The number of fused-ring (bicyclic) bond motifs is 2. The molecule has 100 valence electrons. The van der Waals surface area contributed by atoms with Crippen LogP contribution in [0.15, 0.2) is 46.2 Å². The highest BCUT2D eigenvalue weighted by atomic mass is 32.2. The molecule has 2 aromatic rings. The van der Waals surface area contributed by atoms with Gasteiger partial charge < -0.3 is 4.74 Å². The fraction of sp³-hybridized carbons (Fsp3) is 0.235. The predicted molar refractivity (Wildman–Crippen MR) is 80.3 cm³/mol. The Bertz CT molecular complexity index is 688. The Morgan fingerprint density at radius 3 is 2.90 bits per heavy atom. The molecule has 0 bridgehead atoms. The van der Waals surface area contributed by atoms with Crippen LogP contribution in [0.1, 0.15) is 23.6 Å². The Morgan fingerprint density at radius 1 is 1.20 bits per heavy atom. The quantitative estimate of drug-likeness (QED) is 0.826. The molecule has 0 unspecified atom stereocenters. The van der Waals surface area contributed by atoms with E-state index in [1.54, 1.807) is 11.8 Å². The van der Waals surface area contributed by atoms with Gasteiger partial charge in [-0.25, -0.2) is 0 Å². The van der Waals surface area contributed by atoms with Gasteiger partial charge in [0.25, 0.3) is 0 Å². The van der Waals surface area contributed by atoms with Gasteiger partial charge in [-0.2, -0.15) is 5.26 Å². The largest absolute Gasteiger partial charge is 0.494 e. The maximum absolute atomic E-state index is 9.24. The van der Waals surface area contributed by atoms with Gasteiger partial charge in [-0.3, -0.25) is 0 Å². The summed E-state index contributed by atoms with van der Waals surface area (Å²) >= 11 is 1.75. The Labute approximate surface area is 123 Å². The highest BCUT2D eigenvalue weighted by Gasteiger charge is 2.17. The van der Waals surface area contributed by atoms with Crippen LogP contribution in [0.3, 0.4) is 0 Å². The first-order valence-electron chi connectivity index (χ1n) is 6.77. The van der Waals surface area contributed by atoms with Crippen LogP contribution in [0.2, 0.25) is 0 Å². The van der Waals surface area contributed by atoms with E-state index in [-0.39, 0.29) is 0 Å². The number of hydrogen-bond acceptors (Lipinski definition) is 3. The van der Waals surface area contributed by atoms with Gasteiger partial charge in [-0.1, -0.05) is 17.8 Å². The van der Waals surface area contributed by atoms with Crippen LogP contribution in [0.5, 0.6) is 5.75 Å². The number of rotatable bonds is 2. The molecule has 0 atom stereocenters. The van der Waals surface area contributed by atoms with Crippen molar-refractivity contribution in [2.24, 2.45) is 0 Å². The van der Waals surface area contributed by atoms with Crippen LogP contribution in [0.4, 0.5) is 0 Å². The molecular weight excluding hydrogens is 266 g/mol. The van der Waals surface area contributed by atoms with Crippen molar-refractivity contribution in [1.82, 2.24) is 0 Å². The molecule has 2 nitrogen and oxygen atoms in total. The number of aryl methyl sites for hydroxylation is 1. The van der Waals surface area contributed by atoms with Crippen molar-refractivity contribution in [3.63, 3.8) is 0 Å². The van der Waals surface area contributed by atoms with Crippen LogP contribution in [0, 0.1) is 11.3 Å². The van der Waals surface area contributed by atoms with Crippen LogP contribution in [0.25, 0.3) is 0 Å². The van der Waals surface area contributed by atoms with Gasteiger partial charge in [0.05, 0.1) is 18.2 Å². The van der Waals surface area contributed by atoms with Crippen molar-refractivity contribution in [2.45, 2.75) is 29.6 Å². The minimum Gasteiger partial charge on any atom is -0.494 e. The fourth-order valence-corrected chi connectivity index (χ4v) is 3.66. The topological polar surface area (TPSA) is 33.0 Å². The average Bonchev–Trinajstić information content (AvgIpc) is 2.66. The highest BCUT2D eigenvalue weighted by molar-refractivity contribution is 7.99. The van der Waals surface area contributed by atoms with Gasteiger partial charge in [0, 0.05) is 9.79 Å². The van der Waals surface area contributed by atoms with E-state index in [4.69, 9.17) is 4.74 Å². The summed E-state index contributed by atoms with van der Waals surface area (Å²) in [6.07, 6.45) is 1.86. The van der Waals surface area contributed by atoms with Crippen molar-refractivity contribution in [2.75, 3.05) is 6.61 Å². The monoisotopic (exact) mass is 281 g/mol. The summed E-state index contributed by atoms with van der Waals surface area (Å²) < 4.78 is 5.57. The minimum atomic E-state index is 0.685. The van der Waals surface area contributed by atoms with Gasteiger partial charge in [0.1, 0.15) is 5.75 Å². The molecule has 3 heteroatoms. The number of nitrogens with zero attached hydrogens (tertiary/aromatic N) is 1. The molecule has 3 rings (SSSR count). The third-order valence-electron chi connectivity index (χ3n) is 3.46. The Morgan fingerprint density at radius 2 is 2.10 bits per heavy atom. The lowest BCUT2D eigenvalue weighted by Crippen LogP contribution is -1.96. The third-order valence-corrected chi connectivity index (χ3v) is 4.68. The van der Waals surface area contributed by atoms with Crippen LogP contribution in [-0.4, -0.2) is 6.61 Å². The SMILES string of the molecule is CCOc1ccc2c(c1)CCc1c(C#N)cccc1S2. The molecule has 1 heterocycles. The number of nitriles is 1. The first-order valence-corrected chi connectivity index (χ1v) is 7.59. The first kappa shape index (κ1) is 13.1. The van der Waals surface area contributed by atoms with Gasteiger partial charge in [0.15, 0.2) is 0 Å². The van der Waals surface area contributed by atoms with E-state index in [1.807, 2.05) is 25.1 Å². The molecule has 1 aliphatic heterocycles. The van der Waals surface area contributed by atoms with E-state index in [1.165, 1.54) is 20.9 Å². The summed E-state index contributed by atoms with van der Waals surface area (Å²) in [7, 11) is 0. The maximum Gasteiger partial charge on any atom is 0.119 e. The Balaban J connectivity index is 2.00. The van der Waals surface area contributed by atoms with E-state index in [0.29, 0.717) is 6.61 Å². The van der Waals surface area contributed by atoms with Gasteiger partial charge in [0.2, 0.25) is 0 Å². The van der Waals surface area contributed by atoms with Gasteiger partial charge in [-0.15, -0.1) is 0 Å². The average molecular weight is 281 g/mol. The van der Waals surface area contributed by atoms with Crippen molar-refractivity contribution >= 4 is 11.8 Å². The van der Waals surface area contributed by atoms with Crippen molar-refractivity contribution in [3.05, 3.63) is 53.1 Å². The lowest BCUT2D eigenvalue weighted by Gasteiger charge is -2.08. The molecule has 20 heavy (non-hydrogen) atoms. The van der Waals surface area contributed by atoms with E-state index >= 15 is 0 Å². The molecule has 0 saturated carbocycles. The van der Waals surface area contributed by atoms with Crippen LogP contribution in [-0.2, 0) is 12.8 Å². The fourth-order valence-electron chi connectivity index (χ4n) is 2.51. The minimum absolute atomic E-state index is 0.685. The summed E-state index contributed by atoms with van der Waals surface area (Å²) in [5.74, 6) is 0.929. The smallest absolute Gasteiger partial charge is 0.119 e. The number of benzene rings is 2. The molecule has 0 aliphatic carbocycles. The third kappa shape index (κ3) is 2.39. The molecule has 0 spiro atoms. The van der Waals surface area contributed by atoms with Crippen LogP contribution >= 0.6 is 11.8 Å². The van der Waals surface area contributed by atoms with Gasteiger partial charge in [-0.05, 0) is 61.2 Å². The summed E-state index contributed by atoms with van der Waals surface area (Å²) in [6, 6.07) is 14.5. The van der Waals surface area contributed by atoms with E-state index < -0.39 is 0 Å². The normalized spacial score (nSPS) is 12.8. The molecular formula is C17H15NOS. The Kier molecular flexibility index (Phi) is 3.66. The second-order valence-electron chi connectivity index (χ2n) is 4.70. The summed E-state index contributed by atoms with van der Waals surface area (Å²) in [5.41, 5.74) is 3.28. The predicted octanol–water partition coefficient (Wildman–Crippen LogP) is 4.21. The van der Waals surface area contributed by atoms with Crippen LogP contribution < -0.4 is 4.74 Å². The van der Waals surface area contributed by atoms with Crippen molar-refractivity contribution < 1.29 is 4.74 Å². The van der Waals surface area contributed by atoms with Crippen molar-refractivity contribution in [3.8, 4) is 11.8 Å². The van der Waals surface area contributed by atoms with E-state index in [9.17, 15) is 5.26 Å². The molecule has 0 saturated heterocycles. The number of hydrogen-bond donors (Lipinski definition) is 0. The second kappa shape index (κ2) is 5.60. The van der Waals surface area contributed by atoms with Gasteiger partial charge >= 0.3 is 0 Å². The molecule has 0 N–H and O–H groups in total. The molecule has 2 aromatic carbocycles. The molecule has 1 aliphatic rings. The number of ether oxygens (including phenoxy) is 1. The first-order chi connectivity index (χ1) is 9.81. The zero-order valence-electron chi connectivity index (χ0n) is 11.3. The molecule has 0 radical (unpaired) electrons. The zero-order valence-corrected chi connectivity index (χ0v) is 12.2. The highest BCUT2D eigenvalue weighted by Crippen LogP contribution is 2.39. The second-order valence-corrected chi connectivity index (χ2v) is 5.78. The molecule has 0 amide bonds. The zero-order chi connectivity index (χ0) is 13.9. The molecule has 0 fully saturated rings.